The Morgan fingerprint density at radius 2 is 1.69 bits per heavy atom. The molecule has 0 saturated carbocycles. The number of para-hydroxylation sites is 1. The third-order valence-corrected chi connectivity index (χ3v) is 5.01. The molecule has 0 bridgehead atoms. The molecule has 0 spiro atoms. The summed E-state index contributed by atoms with van der Waals surface area (Å²) >= 11 is 0. The smallest absolute Gasteiger partial charge is 0.419 e. The number of likely N-dealkylation sites (N-methyl/N-ethyl adjacent to an activating group) is 1. The minimum Gasteiger partial charge on any atom is -0.465 e. The van der Waals surface area contributed by atoms with Crippen molar-refractivity contribution >= 4 is 51.6 Å². The van der Waals surface area contributed by atoms with E-state index in [4.69, 9.17) is 14.2 Å². The van der Waals surface area contributed by atoms with Crippen LogP contribution in [0.4, 0.5) is 15.3 Å². The van der Waals surface area contributed by atoms with Gasteiger partial charge in [0.2, 0.25) is 0 Å². The van der Waals surface area contributed by atoms with Gasteiger partial charge < -0.3 is 19.1 Å². The van der Waals surface area contributed by atoms with Gasteiger partial charge in [0.05, 0.1) is 36.1 Å². The van der Waals surface area contributed by atoms with Gasteiger partial charge in [-0.25, -0.2) is 19.1 Å². The maximum atomic E-state index is 13.4. The highest BCUT2D eigenvalue weighted by Gasteiger charge is 2.28. The van der Waals surface area contributed by atoms with Gasteiger partial charge in [0.15, 0.2) is 5.69 Å². The molecule has 1 N–H and O–H groups in total. The number of carbonyl (C=O) groups excluding carboxylic acids is 4. The zero-order valence-electron chi connectivity index (χ0n) is 21.2. The average molecular weight is 499 g/mol. The Labute approximate surface area is 208 Å². The standard InChI is InChI=1S/C25H30N4O7/c1-7-34-18(30)14-28(6)22(31)21-20(27-23(32)36-25(3,4)5)19-15-11-9-10-12-16(15)29(17(19)13-26-21)24(33)35-8-2/h9-13H,7-8,14H2,1-6H3,(H,27,32). The number of nitrogens with zero attached hydrogens (tertiary/aromatic N) is 3. The molecule has 2 aromatic heterocycles. The van der Waals surface area contributed by atoms with Crippen LogP contribution in [0.5, 0.6) is 0 Å². The Morgan fingerprint density at radius 3 is 2.33 bits per heavy atom. The first-order valence-corrected chi connectivity index (χ1v) is 11.5. The van der Waals surface area contributed by atoms with Crippen LogP contribution >= 0.6 is 0 Å². The van der Waals surface area contributed by atoms with Crippen molar-refractivity contribution in [2.24, 2.45) is 0 Å². The van der Waals surface area contributed by atoms with Gasteiger partial charge in [0, 0.05) is 17.8 Å². The molecular formula is C25H30N4O7. The number of esters is 1. The van der Waals surface area contributed by atoms with E-state index in [2.05, 4.69) is 10.3 Å². The van der Waals surface area contributed by atoms with Crippen molar-refractivity contribution < 1.29 is 33.4 Å². The molecule has 192 valence electrons. The predicted molar refractivity (Wildman–Crippen MR) is 133 cm³/mol. The summed E-state index contributed by atoms with van der Waals surface area (Å²) in [5.41, 5.74) is -0.0710. The minimum absolute atomic E-state index is 0.0432. The van der Waals surface area contributed by atoms with Crippen LogP contribution < -0.4 is 5.32 Å². The van der Waals surface area contributed by atoms with Crippen LogP contribution in [0.2, 0.25) is 0 Å². The predicted octanol–water partition coefficient (Wildman–Crippen LogP) is 4.18. The highest BCUT2D eigenvalue weighted by molar-refractivity contribution is 6.21. The Balaban J connectivity index is 2.25. The Kier molecular flexibility index (Phi) is 7.81. The fourth-order valence-corrected chi connectivity index (χ4v) is 3.68. The fraction of sp³-hybridized carbons (Fsp3) is 0.400. The van der Waals surface area contributed by atoms with Gasteiger partial charge in [0.1, 0.15) is 12.1 Å². The Hall–Kier alpha value is -4.15. The lowest BCUT2D eigenvalue weighted by molar-refractivity contribution is -0.143. The first-order valence-electron chi connectivity index (χ1n) is 11.5. The van der Waals surface area contributed by atoms with E-state index in [0.717, 1.165) is 4.90 Å². The molecule has 2 heterocycles. The molecule has 0 atom stereocenters. The largest absolute Gasteiger partial charge is 0.465 e. The van der Waals surface area contributed by atoms with Crippen molar-refractivity contribution in [1.29, 1.82) is 0 Å². The van der Waals surface area contributed by atoms with Crippen molar-refractivity contribution in [3.63, 3.8) is 0 Å². The van der Waals surface area contributed by atoms with Gasteiger partial charge in [0.25, 0.3) is 5.91 Å². The number of pyridine rings is 1. The van der Waals surface area contributed by atoms with Crippen LogP contribution in [0.15, 0.2) is 30.5 Å². The lowest BCUT2D eigenvalue weighted by Gasteiger charge is -2.22. The lowest BCUT2D eigenvalue weighted by Crippen LogP contribution is -2.34. The highest BCUT2D eigenvalue weighted by atomic mass is 16.6. The summed E-state index contributed by atoms with van der Waals surface area (Å²) in [4.78, 5) is 56.4. The number of hydrogen-bond donors (Lipinski definition) is 1. The van der Waals surface area contributed by atoms with Gasteiger partial charge >= 0.3 is 18.2 Å². The van der Waals surface area contributed by atoms with Crippen LogP contribution in [0.1, 0.15) is 45.1 Å². The average Bonchev–Trinajstić information content (AvgIpc) is 3.12. The monoisotopic (exact) mass is 498 g/mol. The third kappa shape index (κ3) is 5.56. The lowest BCUT2D eigenvalue weighted by atomic mass is 10.1. The van der Waals surface area contributed by atoms with Crippen molar-refractivity contribution in [2.45, 2.75) is 40.2 Å². The van der Waals surface area contributed by atoms with E-state index in [1.54, 1.807) is 58.9 Å². The van der Waals surface area contributed by atoms with Gasteiger partial charge in [-0.3, -0.25) is 14.9 Å². The number of rotatable bonds is 6. The van der Waals surface area contributed by atoms with E-state index < -0.39 is 29.7 Å². The third-order valence-electron chi connectivity index (χ3n) is 5.01. The van der Waals surface area contributed by atoms with Gasteiger partial charge in [-0.1, -0.05) is 18.2 Å². The van der Waals surface area contributed by atoms with E-state index in [0.29, 0.717) is 21.8 Å². The number of amides is 2. The topological polar surface area (TPSA) is 129 Å². The maximum absolute atomic E-state index is 13.4. The molecule has 2 amide bonds. The SMILES string of the molecule is CCOC(=O)CN(C)C(=O)c1ncc2c(c1NC(=O)OC(C)(C)C)c1ccccc1n2C(=O)OCC. The summed E-state index contributed by atoms with van der Waals surface area (Å²) in [6, 6.07) is 7.00. The molecule has 0 aliphatic carbocycles. The fourth-order valence-electron chi connectivity index (χ4n) is 3.68. The van der Waals surface area contributed by atoms with Crippen LogP contribution in [0, 0.1) is 0 Å². The second-order valence-electron chi connectivity index (χ2n) is 8.89. The minimum atomic E-state index is -0.813. The molecule has 0 fully saturated rings. The van der Waals surface area contributed by atoms with Gasteiger partial charge in [-0.15, -0.1) is 0 Å². The number of benzene rings is 1. The molecule has 11 heteroatoms. The molecule has 1 aromatic carbocycles. The van der Waals surface area contributed by atoms with Crippen molar-refractivity contribution in [3.05, 3.63) is 36.2 Å². The zero-order valence-corrected chi connectivity index (χ0v) is 21.2. The van der Waals surface area contributed by atoms with Crippen molar-refractivity contribution in [1.82, 2.24) is 14.5 Å². The second-order valence-corrected chi connectivity index (χ2v) is 8.89. The molecule has 0 aliphatic rings. The zero-order chi connectivity index (χ0) is 26.6. The van der Waals surface area contributed by atoms with Gasteiger partial charge in [-0.05, 0) is 40.7 Å². The molecule has 0 aliphatic heterocycles. The van der Waals surface area contributed by atoms with Crippen LogP contribution in [0.25, 0.3) is 21.8 Å². The summed E-state index contributed by atoms with van der Waals surface area (Å²) < 4.78 is 16.9. The summed E-state index contributed by atoms with van der Waals surface area (Å²) in [5.74, 6) is -1.22. The summed E-state index contributed by atoms with van der Waals surface area (Å²) in [6.45, 7) is 8.48. The maximum Gasteiger partial charge on any atom is 0.419 e. The number of fused-ring (bicyclic) bond motifs is 3. The number of ether oxygens (including phenoxy) is 3. The molecule has 36 heavy (non-hydrogen) atoms. The van der Waals surface area contributed by atoms with E-state index >= 15 is 0 Å². The molecule has 0 unspecified atom stereocenters. The Morgan fingerprint density at radius 1 is 1.03 bits per heavy atom. The van der Waals surface area contributed by atoms with Gasteiger partial charge in [-0.2, -0.15) is 0 Å². The van der Waals surface area contributed by atoms with E-state index in [9.17, 15) is 19.2 Å². The van der Waals surface area contributed by atoms with Crippen LogP contribution in [-0.4, -0.2) is 70.9 Å². The molecule has 11 nitrogen and oxygen atoms in total. The van der Waals surface area contributed by atoms with Crippen molar-refractivity contribution in [3.8, 4) is 0 Å². The summed E-state index contributed by atoms with van der Waals surface area (Å²) in [7, 11) is 1.42. The van der Waals surface area contributed by atoms with E-state index in [-0.39, 0.29) is 31.1 Å². The number of anilines is 1. The second kappa shape index (κ2) is 10.6. The molecule has 3 aromatic rings. The first kappa shape index (κ1) is 26.5. The molecule has 3 rings (SSSR count). The van der Waals surface area contributed by atoms with Crippen LogP contribution in [-0.2, 0) is 19.0 Å². The highest BCUT2D eigenvalue weighted by Crippen LogP contribution is 2.36. The van der Waals surface area contributed by atoms with E-state index in [1.807, 2.05) is 0 Å². The number of nitrogens with one attached hydrogen (secondary N) is 1. The molecular weight excluding hydrogens is 468 g/mol. The Bertz CT molecular complexity index is 1320. The molecule has 0 radical (unpaired) electrons. The normalized spacial score (nSPS) is 11.3. The quantitative estimate of drug-likeness (QED) is 0.396. The first-order chi connectivity index (χ1) is 17.0. The number of hydrogen-bond acceptors (Lipinski definition) is 8. The molecule has 0 saturated heterocycles. The number of aromatic nitrogens is 2. The van der Waals surface area contributed by atoms with E-state index in [1.165, 1.54) is 17.8 Å². The van der Waals surface area contributed by atoms with Crippen molar-refractivity contribution in [2.75, 3.05) is 32.1 Å². The summed E-state index contributed by atoms with van der Waals surface area (Å²) in [5, 5.41) is 3.62. The summed E-state index contributed by atoms with van der Waals surface area (Å²) in [6.07, 6.45) is -0.0862. The van der Waals surface area contributed by atoms with Crippen LogP contribution in [0.3, 0.4) is 0 Å². The number of carbonyl (C=O) groups is 4.